The van der Waals surface area contributed by atoms with Gasteiger partial charge in [-0.2, -0.15) is 0 Å². The van der Waals surface area contributed by atoms with E-state index in [2.05, 4.69) is 48.3 Å². The number of hydrogen-bond donors (Lipinski definition) is 1. The topological polar surface area (TPSA) is 15.3 Å². The van der Waals surface area contributed by atoms with E-state index < -0.39 is 0 Å². The Hall–Kier alpha value is -0.860. The molecule has 1 atom stereocenters. The molecule has 1 aromatic rings. The lowest BCUT2D eigenvalue weighted by molar-refractivity contribution is 0.187. The van der Waals surface area contributed by atoms with Gasteiger partial charge in [0.2, 0.25) is 0 Å². The molecule has 0 aliphatic carbocycles. The van der Waals surface area contributed by atoms with Crippen molar-refractivity contribution in [3.8, 4) is 0 Å². The summed E-state index contributed by atoms with van der Waals surface area (Å²) in [6.45, 7) is 9.21. The monoisotopic (exact) mass is 260 g/mol. The Balaban J connectivity index is 1.74. The Morgan fingerprint density at radius 2 is 2.00 bits per heavy atom. The van der Waals surface area contributed by atoms with Gasteiger partial charge in [-0.05, 0) is 37.4 Å². The van der Waals surface area contributed by atoms with Gasteiger partial charge in [0, 0.05) is 25.7 Å². The van der Waals surface area contributed by atoms with Gasteiger partial charge in [0.1, 0.15) is 0 Å². The van der Waals surface area contributed by atoms with Crippen molar-refractivity contribution < 1.29 is 0 Å². The molecule has 1 unspecified atom stereocenters. The minimum Gasteiger partial charge on any atom is -0.315 e. The highest BCUT2D eigenvalue weighted by molar-refractivity contribution is 5.29. The van der Waals surface area contributed by atoms with Crippen molar-refractivity contribution in [1.29, 1.82) is 0 Å². The molecule has 0 spiro atoms. The average Bonchev–Trinajstić information content (AvgIpc) is 2.46. The van der Waals surface area contributed by atoms with E-state index in [-0.39, 0.29) is 0 Å². The van der Waals surface area contributed by atoms with E-state index in [1.807, 2.05) is 0 Å². The first kappa shape index (κ1) is 14.5. The Morgan fingerprint density at radius 3 is 2.79 bits per heavy atom. The van der Waals surface area contributed by atoms with Crippen molar-refractivity contribution in [2.45, 2.75) is 52.1 Å². The van der Waals surface area contributed by atoms with Gasteiger partial charge >= 0.3 is 0 Å². The second-order valence-corrected chi connectivity index (χ2v) is 5.75. The zero-order valence-corrected chi connectivity index (χ0v) is 12.5. The quantitative estimate of drug-likeness (QED) is 0.757. The van der Waals surface area contributed by atoms with Gasteiger partial charge in [-0.15, -0.1) is 0 Å². The Morgan fingerprint density at radius 1 is 1.21 bits per heavy atom. The molecule has 0 aromatic heterocycles. The van der Waals surface area contributed by atoms with E-state index in [1.54, 1.807) is 5.56 Å². The summed E-state index contributed by atoms with van der Waals surface area (Å²) in [7, 11) is 0. The Bertz CT molecular complexity index is 375. The highest BCUT2D eigenvalue weighted by Gasteiger charge is 2.19. The summed E-state index contributed by atoms with van der Waals surface area (Å²) in [5, 5.41) is 3.60. The van der Waals surface area contributed by atoms with Crippen LogP contribution in [0.4, 0.5) is 0 Å². The smallest absolute Gasteiger partial charge is 0.0239 e. The third-order valence-corrected chi connectivity index (χ3v) is 4.18. The Kier molecular flexibility index (Phi) is 5.87. The molecule has 1 aliphatic heterocycles. The summed E-state index contributed by atoms with van der Waals surface area (Å²) >= 11 is 0. The largest absolute Gasteiger partial charge is 0.315 e. The lowest BCUT2D eigenvalue weighted by Crippen LogP contribution is -2.43. The molecule has 106 valence electrons. The fraction of sp³-hybridized carbons (Fsp3) is 0.647. The minimum atomic E-state index is 0.634. The lowest BCUT2D eigenvalue weighted by atomic mass is 9.99. The second kappa shape index (κ2) is 7.66. The fourth-order valence-electron chi connectivity index (χ4n) is 2.83. The standard InChI is InChI=1S/C17H28N2/c1-3-4-7-11-18-13-15(2)19-12-10-16-8-5-6-9-17(16)14-19/h5-6,8-9,15,18H,3-4,7,10-14H2,1-2H3. The maximum atomic E-state index is 3.60. The van der Waals surface area contributed by atoms with Crippen molar-refractivity contribution in [1.82, 2.24) is 10.2 Å². The normalized spacial score (nSPS) is 17.2. The summed E-state index contributed by atoms with van der Waals surface area (Å²) in [6.07, 6.45) is 5.17. The molecule has 0 saturated carbocycles. The molecule has 2 nitrogen and oxygen atoms in total. The molecule has 0 bridgehead atoms. The van der Waals surface area contributed by atoms with Crippen LogP contribution < -0.4 is 5.32 Å². The van der Waals surface area contributed by atoms with Crippen LogP contribution in [0.25, 0.3) is 0 Å². The molecular formula is C17H28N2. The van der Waals surface area contributed by atoms with Crippen LogP contribution in [0.5, 0.6) is 0 Å². The van der Waals surface area contributed by atoms with Gasteiger partial charge in [-0.1, -0.05) is 44.0 Å². The summed E-state index contributed by atoms with van der Waals surface area (Å²) in [4.78, 5) is 2.61. The van der Waals surface area contributed by atoms with Crippen molar-refractivity contribution >= 4 is 0 Å². The van der Waals surface area contributed by atoms with Crippen LogP contribution in [0.2, 0.25) is 0 Å². The first-order valence-corrected chi connectivity index (χ1v) is 7.82. The van der Waals surface area contributed by atoms with Crippen molar-refractivity contribution in [2.75, 3.05) is 19.6 Å². The van der Waals surface area contributed by atoms with Crippen LogP contribution in [0, 0.1) is 0 Å². The molecular weight excluding hydrogens is 232 g/mol. The van der Waals surface area contributed by atoms with E-state index >= 15 is 0 Å². The molecule has 2 rings (SSSR count). The van der Waals surface area contributed by atoms with E-state index in [9.17, 15) is 0 Å². The number of unbranched alkanes of at least 4 members (excludes halogenated alkanes) is 2. The third-order valence-electron chi connectivity index (χ3n) is 4.18. The predicted molar refractivity (Wildman–Crippen MR) is 82.4 cm³/mol. The first-order valence-electron chi connectivity index (χ1n) is 7.82. The number of fused-ring (bicyclic) bond motifs is 1. The highest BCUT2D eigenvalue weighted by Crippen LogP contribution is 2.19. The van der Waals surface area contributed by atoms with E-state index in [4.69, 9.17) is 0 Å². The molecule has 0 amide bonds. The van der Waals surface area contributed by atoms with Crippen LogP contribution in [-0.4, -0.2) is 30.6 Å². The molecule has 1 aromatic carbocycles. The van der Waals surface area contributed by atoms with E-state index in [1.165, 1.54) is 44.3 Å². The van der Waals surface area contributed by atoms with Crippen molar-refractivity contribution in [3.05, 3.63) is 35.4 Å². The highest BCUT2D eigenvalue weighted by atomic mass is 15.2. The van der Waals surface area contributed by atoms with Crippen molar-refractivity contribution in [2.24, 2.45) is 0 Å². The zero-order valence-electron chi connectivity index (χ0n) is 12.5. The van der Waals surface area contributed by atoms with Gasteiger partial charge in [0.15, 0.2) is 0 Å². The molecule has 2 heteroatoms. The molecule has 1 heterocycles. The van der Waals surface area contributed by atoms with Gasteiger partial charge in [0.25, 0.3) is 0 Å². The first-order chi connectivity index (χ1) is 9.31. The number of nitrogens with zero attached hydrogens (tertiary/aromatic N) is 1. The summed E-state index contributed by atoms with van der Waals surface area (Å²) < 4.78 is 0. The maximum absolute atomic E-state index is 3.60. The number of rotatable bonds is 7. The minimum absolute atomic E-state index is 0.634. The van der Waals surface area contributed by atoms with Crippen molar-refractivity contribution in [3.63, 3.8) is 0 Å². The maximum Gasteiger partial charge on any atom is 0.0239 e. The lowest BCUT2D eigenvalue weighted by Gasteiger charge is -2.33. The van der Waals surface area contributed by atoms with Crippen LogP contribution in [0.3, 0.4) is 0 Å². The molecule has 0 saturated heterocycles. The number of hydrogen-bond acceptors (Lipinski definition) is 2. The average molecular weight is 260 g/mol. The predicted octanol–water partition coefficient (Wildman–Crippen LogP) is 3.21. The van der Waals surface area contributed by atoms with Crippen LogP contribution >= 0.6 is 0 Å². The van der Waals surface area contributed by atoms with Crippen LogP contribution in [0.1, 0.15) is 44.2 Å². The number of benzene rings is 1. The summed E-state index contributed by atoms with van der Waals surface area (Å²) in [5.41, 5.74) is 3.06. The van der Waals surface area contributed by atoms with Crippen LogP contribution in [-0.2, 0) is 13.0 Å². The SMILES string of the molecule is CCCCCNCC(C)N1CCc2ccccc2C1. The van der Waals surface area contributed by atoms with E-state index in [0.717, 1.165) is 13.1 Å². The zero-order chi connectivity index (χ0) is 13.5. The second-order valence-electron chi connectivity index (χ2n) is 5.75. The van der Waals surface area contributed by atoms with Gasteiger partial charge in [-0.25, -0.2) is 0 Å². The van der Waals surface area contributed by atoms with Gasteiger partial charge in [-0.3, -0.25) is 4.90 Å². The molecule has 0 radical (unpaired) electrons. The Labute approximate surface area is 118 Å². The molecule has 19 heavy (non-hydrogen) atoms. The molecule has 0 fully saturated rings. The molecule has 1 aliphatic rings. The molecule has 1 N–H and O–H groups in total. The van der Waals surface area contributed by atoms with Gasteiger partial charge in [0.05, 0.1) is 0 Å². The number of nitrogens with one attached hydrogen (secondary N) is 1. The van der Waals surface area contributed by atoms with Gasteiger partial charge < -0.3 is 5.32 Å². The van der Waals surface area contributed by atoms with E-state index in [0.29, 0.717) is 6.04 Å². The summed E-state index contributed by atoms with van der Waals surface area (Å²) in [5.74, 6) is 0. The fourth-order valence-corrected chi connectivity index (χ4v) is 2.83. The van der Waals surface area contributed by atoms with Crippen LogP contribution in [0.15, 0.2) is 24.3 Å². The summed E-state index contributed by atoms with van der Waals surface area (Å²) in [6, 6.07) is 9.52. The third kappa shape index (κ3) is 4.32.